The molecule has 1 spiro atoms. The van der Waals surface area contributed by atoms with E-state index < -0.39 is 0 Å². The van der Waals surface area contributed by atoms with Gasteiger partial charge in [-0.1, -0.05) is 6.07 Å². The van der Waals surface area contributed by atoms with Crippen molar-refractivity contribution in [2.24, 2.45) is 0 Å². The molecule has 1 aliphatic carbocycles. The van der Waals surface area contributed by atoms with Crippen LogP contribution in [0.25, 0.3) is 0 Å². The lowest BCUT2D eigenvalue weighted by Crippen LogP contribution is -2.37. The third-order valence-corrected chi connectivity index (χ3v) is 3.92. The smallest absolute Gasteiger partial charge is 0.168 e. The standard InChI is InChI=1S/C15H21NO3/c1-12-3-2-4-13(16-12)11-17-14-5-7-15(8-6-14)18-9-10-19-15/h2-4,14H,5-11H2,1H3. The van der Waals surface area contributed by atoms with Gasteiger partial charge < -0.3 is 14.2 Å². The van der Waals surface area contributed by atoms with Gasteiger partial charge in [0.15, 0.2) is 5.79 Å². The van der Waals surface area contributed by atoms with Gasteiger partial charge in [0.1, 0.15) is 0 Å². The van der Waals surface area contributed by atoms with Gasteiger partial charge in [0.05, 0.1) is 31.6 Å². The number of hydrogen-bond acceptors (Lipinski definition) is 4. The van der Waals surface area contributed by atoms with Crippen molar-refractivity contribution >= 4 is 0 Å². The maximum atomic E-state index is 5.95. The summed E-state index contributed by atoms with van der Waals surface area (Å²) in [6, 6.07) is 6.04. The average molecular weight is 263 g/mol. The summed E-state index contributed by atoms with van der Waals surface area (Å²) in [5.41, 5.74) is 2.05. The van der Waals surface area contributed by atoms with E-state index in [2.05, 4.69) is 4.98 Å². The fourth-order valence-corrected chi connectivity index (χ4v) is 2.87. The van der Waals surface area contributed by atoms with Crippen molar-refractivity contribution in [3.8, 4) is 0 Å². The van der Waals surface area contributed by atoms with E-state index in [-0.39, 0.29) is 5.79 Å². The molecule has 0 amide bonds. The molecule has 4 heteroatoms. The number of hydrogen-bond donors (Lipinski definition) is 0. The first-order valence-corrected chi connectivity index (χ1v) is 7.08. The number of rotatable bonds is 3. The Balaban J connectivity index is 1.47. The summed E-state index contributed by atoms with van der Waals surface area (Å²) in [4.78, 5) is 4.45. The molecule has 2 aliphatic rings. The van der Waals surface area contributed by atoms with Crippen LogP contribution >= 0.6 is 0 Å². The first-order valence-electron chi connectivity index (χ1n) is 7.08. The predicted octanol–water partition coefficient (Wildman–Crippen LogP) is 2.59. The summed E-state index contributed by atoms with van der Waals surface area (Å²) in [6.07, 6.45) is 4.20. The van der Waals surface area contributed by atoms with Crippen LogP contribution in [0.4, 0.5) is 0 Å². The van der Waals surface area contributed by atoms with Crippen LogP contribution in [0, 0.1) is 6.92 Å². The second kappa shape index (κ2) is 5.57. The Morgan fingerprint density at radius 2 is 2.00 bits per heavy atom. The van der Waals surface area contributed by atoms with E-state index in [1.54, 1.807) is 0 Å². The van der Waals surface area contributed by atoms with Crippen LogP contribution < -0.4 is 0 Å². The fraction of sp³-hybridized carbons (Fsp3) is 0.667. The van der Waals surface area contributed by atoms with Crippen LogP contribution in [0.5, 0.6) is 0 Å². The van der Waals surface area contributed by atoms with E-state index in [1.807, 2.05) is 25.1 Å². The number of aromatic nitrogens is 1. The molecule has 1 aromatic heterocycles. The van der Waals surface area contributed by atoms with Crippen molar-refractivity contribution in [2.45, 2.75) is 51.1 Å². The second-order valence-electron chi connectivity index (χ2n) is 5.39. The molecule has 3 rings (SSSR count). The molecule has 0 aromatic carbocycles. The average Bonchev–Trinajstić information content (AvgIpc) is 2.87. The third kappa shape index (κ3) is 3.14. The Hall–Kier alpha value is -0.970. The first-order chi connectivity index (χ1) is 9.26. The van der Waals surface area contributed by atoms with Gasteiger partial charge in [-0.25, -0.2) is 0 Å². The van der Waals surface area contributed by atoms with Crippen molar-refractivity contribution in [3.05, 3.63) is 29.6 Å². The lowest BCUT2D eigenvalue weighted by molar-refractivity contribution is -0.192. The van der Waals surface area contributed by atoms with E-state index in [0.29, 0.717) is 12.7 Å². The van der Waals surface area contributed by atoms with Crippen molar-refractivity contribution in [3.63, 3.8) is 0 Å². The third-order valence-electron chi connectivity index (χ3n) is 3.92. The van der Waals surface area contributed by atoms with Crippen molar-refractivity contribution in [1.82, 2.24) is 4.98 Å². The number of pyridine rings is 1. The zero-order valence-electron chi connectivity index (χ0n) is 11.4. The minimum atomic E-state index is -0.290. The SMILES string of the molecule is Cc1cccc(COC2CCC3(CC2)OCCO3)n1. The molecule has 0 unspecified atom stereocenters. The van der Waals surface area contributed by atoms with Crippen molar-refractivity contribution < 1.29 is 14.2 Å². The van der Waals surface area contributed by atoms with Gasteiger partial charge in [-0.2, -0.15) is 0 Å². The second-order valence-corrected chi connectivity index (χ2v) is 5.39. The molecule has 104 valence electrons. The summed E-state index contributed by atoms with van der Waals surface area (Å²) in [7, 11) is 0. The molecule has 2 heterocycles. The van der Waals surface area contributed by atoms with Crippen LogP contribution in [-0.4, -0.2) is 30.1 Å². The molecule has 0 radical (unpaired) electrons. The Bertz CT molecular complexity index is 419. The fourth-order valence-electron chi connectivity index (χ4n) is 2.87. The molecule has 1 saturated carbocycles. The number of nitrogens with zero attached hydrogens (tertiary/aromatic N) is 1. The maximum Gasteiger partial charge on any atom is 0.168 e. The lowest BCUT2D eigenvalue weighted by atomic mass is 9.92. The molecule has 2 fully saturated rings. The van der Waals surface area contributed by atoms with E-state index in [9.17, 15) is 0 Å². The molecule has 0 atom stereocenters. The molecule has 0 N–H and O–H groups in total. The maximum absolute atomic E-state index is 5.95. The van der Waals surface area contributed by atoms with Crippen LogP contribution in [0.1, 0.15) is 37.1 Å². The van der Waals surface area contributed by atoms with Crippen LogP contribution in [0.15, 0.2) is 18.2 Å². The zero-order valence-corrected chi connectivity index (χ0v) is 11.4. The molecule has 19 heavy (non-hydrogen) atoms. The van der Waals surface area contributed by atoms with Gasteiger partial charge in [0.25, 0.3) is 0 Å². The van der Waals surface area contributed by atoms with E-state index in [4.69, 9.17) is 14.2 Å². The highest BCUT2D eigenvalue weighted by molar-refractivity contribution is 5.09. The Kier molecular flexibility index (Phi) is 3.82. The summed E-state index contributed by atoms with van der Waals surface area (Å²) in [6.45, 7) is 4.07. The minimum Gasteiger partial charge on any atom is -0.372 e. The Morgan fingerprint density at radius 1 is 1.26 bits per heavy atom. The summed E-state index contributed by atoms with van der Waals surface area (Å²) in [5, 5.41) is 0. The van der Waals surface area contributed by atoms with Crippen LogP contribution in [0.2, 0.25) is 0 Å². The largest absolute Gasteiger partial charge is 0.372 e. The monoisotopic (exact) mass is 263 g/mol. The molecule has 4 nitrogen and oxygen atoms in total. The summed E-state index contributed by atoms with van der Waals surface area (Å²) in [5.74, 6) is -0.290. The molecule has 1 aromatic rings. The zero-order chi connectivity index (χ0) is 13.1. The molecular formula is C15H21NO3. The van der Waals surface area contributed by atoms with Gasteiger partial charge in [0, 0.05) is 18.5 Å². The van der Waals surface area contributed by atoms with Crippen molar-refractivity contribution in [1.29, 1.82) is 0 Å². The highest BCUT2D eigenvalue weighted by atomic mass is 16.7. The van der Waals surface area contributed by atoms with Gasteiger partial charge in [-0.05, 0) is 31.9 Å². The molecule has 1 saturated heterocycles. The number of ether oxygens (including phenoxy) is 3. The normalized spacial score (nSPS) is 23.0. The molecule has 1 aliphatic heterocycles. The first kappa shape index (κ1) is 13.0. The van der Waals surface area contributed by atoms with Crippen LogP contribution in [0.3, 0.4) is 0 Å². The van der Waals surface area contributed by atoms with Gasteiger partial charge in [0.2, 0.25) is 0 Å². The van der Waals surface area contributed by atoms with Gasteiger partial charge >= 0.3 is 0 Å². The van der Waals surface area contributed by atoms with Crippen molar-refractivity contribution in [2.75, 3.05) is 13.2 Å². The summed E-state index contributed by atoms with van der Waals surface area (Å²) < 4.78 is 17.4. The molecular weight excluding hydrogens is 242 g/mol. The lowest BCUT2D eigenvalue weighted by Gasteiger charge is -2.35. The van der Waals surface area contributed by atoms with E-state index in [1.165, 1.54) is 0 Å². The topological polar surface area (TPSA) is 40.6 Å². The highest BCUT2D eigenvalue weighted by Crippen LogP contribution is 2.36. The van der Waals surface area contributed by atoms with E-state index >= 15 is 0 Å². The Labute approximate surface area is 114 Å². The number of aryl methyl sites for hydroxylation is 1. The van der Waals surface area contributed by atoms with Gasteiger partial charge in [-0.15, -0.1) is 0 Å². The van der Waals surface area contributed by atoms with E-state index in [0.717, 1.165) is 50.3 Å². The Morgan fingerprint density at radius 3 is 2.68 bits per heavy atom. The quantitative estimate of drug-likeness (QED) is 0.840. The van der Waals surface area contributed by atoms with Gasteiger partial charge in [-0.3, -0.25) is 4.98 Å². The predicted molar refractivity (Wildman–Crippen MR) is 70.7 cm³/mol. The molecule has 0 bridgehead atoms. The summed E-state index contributed by atoms with van der Waals surface area (Å²) >= 11 is 0. The van der Waals surface area contributed by atoms with Crippen LogP contribution in [-0.2, 0) is 20.8 Å². The highest BCUT2D eigenvalue weighted by Gasteiger charge is 2.40. The minimum absolute atomic E-state index is 0.290.